The summed E-state index contributed by atoms with van der Waals surface area (Å²) in [6, 6.07) is 12.1. The van der Waals surface area contributed by atoms with Crippen LogP contribution >= 0.6 is 0 Å². The van der Waals surface area contributed by atoms with Crippen molar-refractivity contribution in [2.24, 2.45) is 0 Å². The monoisotopic (exact) mass is 255 g/mol. The normalized spacial score (nSPS) is 10.0. The third kappa shape index (κ3) is 3.11. The second-order valence-electron chi connectivity index (χ2n) is 4.46. The van der Waals surface area contributed by atoms with Crippen LogP contribution < -0.4 is 4.74 Å². The van der Waals surface area contributed by atoms with E-state index in [0.29, 0.717) is 6.61 Å². The SMILES string of the molecule is Cc1ccc(COc2ccc(C#N)cc2F)cc1C. The van der Waals surface area contributed by atoms with Gasteiger partial charge in [0.1, 0.15) is 6.61 Å². The molecule has 96 valence electrons. The summed E-state index contributed by atoms with van der Waals surface area (Å²) in [6.07, 6.45) is 0. The number of rotatable bonds is 3. The molecule has 0 aliphatic carbocycles. The maximum Gasteiger partial charge on any atom is 0.166 e. The molecule has 2 aromatic carbocycles. The van der Waals surface area contributed by atoms with Crippen molar-refractivity contribution in [3.63, 3.8) is 0 Å². The van der Waals surface area contributed by atoms with Gasteiger partial charge in [0.2, 0.25) is 0 Å². The van der Waals surface area contributed by atoms with Crippen LogP contribution in [-0.2, 0) is 6.61 Å². The fourth-order valence-electron chi connectivity index (χ4n) is 1.74. The molecule has 0 N–H and O–H groups in total. The topological polar surface area (TPSA) is 33.0 Å². The average Bonchev–Trinajstić information content (AvgIpc) is 2.41. The molecule has 2 rings (SSSR count). The molecule has 0 saturated carbocycles. The first-order valence-electron chi connectivity index (χ1n) is 5.99. The van der Waals surface area contributed by atoms with Gasteiger partial charge in [0, 0.05) is 0 Å². The molecule has 0 heterocycles. The predicted octanol–water partition coefficient (Wildman–Crippen LogP) is 3.89. The Balaban J connectivity index is 2.10. The van der Waals surface area contributed by atoms with Crippen molar-refractivity contribution < 1.29 is 9.13 Å². The predicted molar refractivity (Wildman–Crippen MR) is 71.4 cm³/mol. The molecular weight excluding hydrogens is 241 g/mol. The second kappa shape index (κ2) is 5.53. The molecule has 0 fully saturated rings. The van der Waals surface area contributed by atoms with Crippen LogP contribution in [0.25, 0.3) is 0 Å². The molecule has 2 nitrogen and oxygen atoms in total. The summed E-state index contributed by atoms with van der Waals surface area (Å²) in [5, 5.41) is 8.66. The Labute approximate surface area is 112 Å². The number of ether oxygens (including phenoxy) is 1. The molecule has 0 unspecified atom stereocenters. The minimum absolute atomic E-state index is 0.164. The molecule has 0 bridgehead atoms. The maximum absolute atomic E-state index is 13.6. The second-order valence-corrected chi connectivity index (χ2v) is 4.46. The molecule has 0 saturated heterocycles. The van der Waals surface area contributed by atoms with Crippen LogP contribution in [0.15, 0.2) is 36.4 Å². The standard InChI is InChI=1S/C16H14FNO/c1-11-3-4-14(7-12(11)2)10-19-16-6-5-13(9-18)8-15(16)17/h3-8H,10H2,1-2H3. The van der Waals surface area contributed by atoms with Gasteiger partial charge in [-0.1, -0.05) is 18.2 Å². The molecular formula is C16H14FNO. The van der Waals surface area contributed by atoms with Crippen LogP contribution in [0.5, 0.6) is 5.75 Å². The van der Waals surface area contributed by atoms with E-state index in [0.717, 1.165) is 5.56 Å². The van der Waals surface area contributed by atoms with Crippen molar-refractivity contribution in [3.05, 3.63) is 64.5 Å². The molecule has 0 aromatic heterocycles. The van der Waals surface area contributed by atoms with Gasteiger partial charge in [-0.25, -0.2) is 4.39 Å². The highest BCUT2D eigenvalue weighted by Gasteiger charge is 2.05. The van der Waals surface area contributed by atoms with Gasteiger partial charge in [0.15, 0.2) is 11.6 Å². The molecule has 0 amide bonds. The number of nitriles is 1. The minimum atomic E-state index is -0.511. The lowest BCUT2D eigenvalue weighted by Crippen LogP contribution is -1.98. The molecule has 0 spiro atoms. The Bertz CT molecular complexity index is 644. The highest BCUT2D eigenvalue weighted by Crippen LogP contribution is 2.20. The summed E-state index contributed by atoms with van der Waals surface area (Å²) < 4.78 is 19.0. The van der Waals surface area contributed by atoms with Gasteiger partial charge in [0.25, 0.3) is 0 Å². The minimum Gasteiger partial charge on any atom is -0.486 e. The molecule has 2 aromatic rings. The Hall–Kier alpha value is -2.34. The highest BCUT2D eigenvalue weighted by molar-refractivity contribution is 5.36. The van der Waals surface area contributed by atoms with Crippen LogP contribution in [0.1, 0.15) is 22.3 Å². The van der Waals surface area contributed by atoms with Crippen LogP contribution in [-0.4, -0.2) is 0 Å². The van der Waals surface area contributed by atoms with Crippen LogP contribution in [0.3, 0.4) is 0 Å². The zero-order valence-electron chi connectivity index (χ0n) is 10.9. The number of benzene rings is 2. The fraction of sp³-hybridized carbons (Fsp3) is 0.188. The van der Waals surface area contributed by atoms with E-state index in [-0.39, 0.29) is 11.3 Å². The third-order valence-electron chi connectivity index (χ3n) is 3.03. The number of hydrogen-bond acceptors (Lipinski definition) is 2. The first-order valence-corrected chi connectivity index (χ1v) is 5.99. The lowest BCUT2D eigenvalue weighted by Gasteiger charge is -2.09. The van der Waals surface area contributed by atoms with E-state index in [1.54, 1.807) is 6.07 Å². The Morgan fingerprint density at radius 3 is 2.53 bits per heavy atom. The number of halogens is 1. The van der Waals surface area contributed by atoms with Gasteiger partial charge >= 0.3 is 0 Å². The van der Waals surface area contributed by atoms with Crippen LogP contribution in [0, 0.1) is 31.0 Å². The molecule has 0 atom stereocenters. The van der Waals surface area contributed by atoms with Crippen molar-refractivity contribution in [3.8, 4) is 11.8 Å². The number of nitrogens with zero attached hydrogens (tertiary/aromatic N) is 1. The Morgan fingerprint density at radius 1 is 1.11 bits per heavy atom. The Morgan fingerprint density at radius 2 is 1.89 bits per heavy atom. The summed E-state index contributed by atoms with van der Waals surface area (Å²) in [5.74, 6) is -0.347. The van der Waals surface area contributed by atoms with Crippen molar-refractivity contribution in [1.82, 2.24) is 0 Å². The summed E-state index contributed by atoms with van der Waals surface area (Å²) >= 11 is 0. The summed E-state index contributed by atoms with van der Waals surface area (Å²) in [7, 11) is 0. The van der Waals surface area contributed by atoms with Gasteiger partial charge in [-0.2, -0.15) is 5.26 Å². The molecule has 0 aliphatic rings. The third-order valence-corrected chi connectivity index (χ3v) is 3.03. The lowest BCUT2D eigenvalue weighted by atomic mass is 10.1. The summed E-state index contributed by atoms with van der Waals surface area (Å²) in [4.78, 5) is 0. The van der Waals surface area contributed by atoms with E-state index >= 15 is 0 Å². The van der Waals surface area contributed by atoms with E-state index in [1.165, 1.54) is 23.3 Å². The Kier molecular flexibility index (Phi) is 3.82. The number of hydrogen-bond donors (Lipinski definition) is 0. The molecule has 0 aliphatic heterocycles. The van der Waals surface area contributed by atoms with Crippen LogP contribution in [0.4, 0.5) is 4.39 Å². The van der Waals surface area contributed by atoms with Gasteiger partial charge in [-0.3, -0.25) is 0 Å². The van der Waals surface area contributed by atoms with Crippen molar-refractivity contribution in [2.75, 3.05) is 0 Å². The van der Waals surface area contributed by atoms with Crippen molar-refractivity contribution in [1.29, 1.82) is 5.26 Å². The van der Waals surface area contributed by atoms with Crippen molar-refractivity contribution >= 4 is 0 Å². The van der Waals surface area contributed by atoms with E-state index in [4.69, 9.17) is 10.00 Å². The smallest absolute Gasteiger partial charge is 0.166 e. The fourth-order valence-corrected chi connectivity index (χ4v) is 1.74. The first-order chi connectivity index (χ1) is 9.10. The molecule has 0 radical (unpaired) electrons. The summed E-state index contributed by atoms with van der Waals surface area (Å²) in [5.41, 5.74) is 3.68. The molecule has 19 heavy (non-hydrogen) atoms. The largest absolute Gasteiger partial charge is 0.486 e. The quantitative estimate of drug-likeness (QED) is 0.833. The lowest BCUT2D eigenvalue weighted by molar-refractivity contribution is 0.290. The summed E-state index contributed by atoms with van der Waals surface area (Å²) in [6.45, 7) is 4.38. The maximum atomic E-state index is 13.6. The molecule has 3 heteroatoms. The van der Waals surface area contributed by atoms with Crippen LogP contribution in [0.2, 0.25) is 0 Å². The van der Waals surface area contributed by atoms with Crippen molar-refractivity contribution in [2.45, 2.75) is 20.5 Å². The van der Waals surface area contributed by atoms with Gasteiger partial charge in [-0.05, 0) is 48.7 Å². The highest BCUT2D eigenvalue weighted by atomic mass is 19.1. The average molecular weight is 255 g/mol. The van der Waals surface area contributed by atoms with Gasteiger partial charge in [-0.15, -0.1) is 0 Å². The van der Waals surface area contributed by atoms with E-state index in [9.17, 15) is 4.39 Å². The van der Waals surface area contributed by atoms with E-state index in [1.807, 2.05) is 38.1 Å². The van der Waals surface area contributed by atoms with Gasteiger partial charge in [0.05, 0.1) is 11.6 Å². The zero-order chi connectivity index (χ0) is 13.8. The zero-order valence-corrected chi connectivity index (χ0v) is 10.9. The number of aryl methyl sites for hydroxylation is 2. The first kappa shape index (κ1) is 13.1. The van der Waals surface area contributed by atoms with E-state index < -0.39 is 5.82 Å². The van der Waals surface area contributed by atoms with Gasteiger partial charge < -0.3 is 4.74 Å². The van der Waals surface area contributed by atoms with E-state index in [2.05, 4.69) is 0 Å².